The predicted octanol–water partition coefficient (Wildman–Crippen LogP) is 2.23. The zero-order valence-electron chi connectivity index (χ0n) is 8.76. The number of carbonyl (C=O) groups excluding carboxylic acids is 1. The summed E-state index contributed by atoms with van der Waals surface area (Å²) >= 11 is 1.19. The fourth-order valence-corrected chi connectivity index (χ4v) is 1.42. The van der Waals surface area contributed by atoms with Gasteiger partial charge in [0.05, 0.1) is 6.10 Å². The Labute approximate surface area is 84.4 Å². The number of aliphatic hydroxyl groups excluding tert-OH is 1. The van der Waals surface area contributed by atoms with Crippen molar-refractivity contribution < 1.29 is 9.90 Å². The number of hydrogen-bond donors (Lipinski definition) is 1. The molecular formula is C10H18O2S. The monoisotopic (exact) mass is 202 g/mol. The summed E-state index contributed by atoms with van der Waals surface area (Å²) in [6.45, 7) is 11.2. The molecule has 0 rings (SSSR count). The summed E-state index contributed by atoms with van der Waals surface area (Å²) in [6, 6.07) is 0. The van der Waals surface area contributed by atoms with E-state index in [-0.39, 0.29) is 10.5 Å². The number of aliphatic hydroxyl groups is 1. The van der Waals surface area contributed by atoms with E-state index in [9.17, 15) is 9.90 Å². The van der Waals surface area contributed by atoms with Crippen LogP contribution in [0.3, 0.4) is 0 Å². The van der Waals surface area contributed by atoms with E-state index >= 15 is 0 Å². The quantitative estimate of drug-likeness (QED) is 0.713. The molecule has 0 aromatic heterocycles. The number of hydrogen-bond acceptors (Lipinski definition) is 3. The standard InChI is InChI=1S/C10H18O2S/c1-6-13-9(12)7(2)8(11)10(3,4)5/h8,11H,2,6H2,1,3-5H3. The Morgan fingerprint density at radius 1 is 1.54 bits per heavy atom. The van der Waals surface area contributed by atoms with E-state index in [1.807, 2.05) is 27.7 Å². The Morgan fingerprint density at radius 2 is 2.00 bits per heavy atom. The van der Waals surface area contributed by atoms with E-state index in [4.69, 9.17) is 0 Å². The molecular weight excluding hydrogens is 184 g/mol. The average Bonchev–Trinajstić information content (AvgIpc) is 2.00. The van der Waals surface area contributed by atoms with E-state index in [1.54, 1.807) is 0 Å². The highest BCUT2D eigenvalue weighted by atomic mass is 32.2. The molecule has 0 aliphatic rings. The Bertz CT molecular complexity index is 203. The molecule has 1 N–H and O–H groups in total. The highest BCUT2D eigenvalue weighted by molar-refractivity contribution is 8.14. The van der Waals surface area contributed by atoms with E-state index < -0.39 is 6.10 Å². The van der Waals surface area contributed by atoms with E-state index in [0.717, 1.165) is 0 Å². The van der Waals surface area contributed by atoms with Gasteiger partial charge in [0.25, 0.3) is 0 Å². The van der Waals surface area contributed by atoms with Gasteiger partial charge >= 0.3 is 0 Å². The lowest BCUT2D eigenvalue weighted by atomic mass is 9.85. The van der Waals surface area contributed by atoms with Crippen molar-refractivity contribution in [2.24, 2.45) is 5.41 Å². The van der Waals surface area contributed by atoms with Gasteiger partial charge in [-0.15, -0.1) is 0 Å². The molecule has 0 spiro atoms. The summed E-state index contributed by atoms with van der Waals surface area (Å²) in [5.74, 6) is 0.717. The lowest BCUT2D eigenvalue weighted by Gasteiger charge is -2.26. The first-order valence-corrected chi connectivity index (χ1v) is 5.33. The molecule has 0 bridgehead atoms. The molecule has 1 unspecified atom stereocenters. The van der Waals surface area contributed by atoms with Crippen LogP contribution in [-0.2, 0) is 4.79 Å². The molecule has 0 aromatic rings. The van der Waals surface area contributed by atoms with Gasteiger partial charge in [-0.25, -0.2) is 0 Å². The van der Waals surface area contributed by atoms with Crippen molar-refractivity contribution in [3.05, 3.63) is 12.2 Å². The zero-order valence-corrected chi connectivity index (χ0v) is 9.57. The van der Waals surface area contributed by atoms with Gasteiger partial charge < -0.3 is 5.11 Å². The Kier molecular flexibility index (Phi) is 4.71. The van der Waals surface area contributed by atoms with Crippen molar-refractivity contribution in [3.63, 3.8) is 0 Å². The maximum atomic E-state index is 11.3. The molecule has 0 fully saturated rings. The highest BCUT2D eigenvalue weighted by Crippen LogP contribution is 2.26. The minimum Gasteiger partial charge on any atom is -0.388 e. The zero-order chi connectivity index (χ0) is 10.6. The van der Waals surface area contributed by atoms with Crippen LogP contribution in [0.15, 0.2) is 12.2 Å². The van der Waals surface area contributed by atoms with Crippen LogP contribution in [0, 0.1) is 5.41 Å². The van der Waals surface area contributed by atoms with Crippen LogP contribution in [0.1, 0.15) is 27.7 Å². The Morgan fingerprint density at radius 3 is 2.31 bits per heavy atom. The predicted molar refractivity (Wildman–Crippen MR) is 57.7 cm³/mol. The first-order chi connectivity index (χ1) is 5.80. The molecule has 0 saturated carbocycles. The summed E-state index contributed by atoms with van der Waals surface area (Å²) in [7, 11) is 0. The molecule has 1 atom stereocenters. The minimum absolute atomic E-state index is 0.107. The van der Waals surface area contributed by atoms with Gasteiger partial charge in [0.15, 0.2) is 0 Å². The van der Waals surface area contributed by atoms with Crippen molar-refractivity contribution in [1.29, 1.82) is 0 Å². The normalized spacial score (nSPS) is 13.9. The second-order valence-electron chi connectivity index (χ2n) is 4.01. The van der Waals surface area contributed by atoms with Crippen molar-refractivity contribution in [2.75, 3.05) is 5.75 Å². The Hall–Kier alpha value is -0.280. The molecule has 13 heavy (non-hydrogen) atoms. The fraction of sp³-hybridized carbons (Fsp3) is 0.700. The van der Waals surface area contributed by atoms with Crippen LogP contribution in [0.25, 0.3) is 0 Å². The van der Waals surface area contributed by atoms with Crippen molar-refractivity contribution >= 4 is 16.9 Å². The van der Waals surface area contributed by atoms with Crippen LogP contribution < -0.4 is 0 Å². The molecule has 2 nitrogen and oxygen atoms in total. The van der Waals surface area contributed by atoms with Gasteiger partial charge in [-0.3, -0.25) is 4.79 Å². The summed E-state index contributed by atoms with van der Waals surface area (Å²) in [4.78, 5) is 11.3. The smallest absolute Gasteiger partial charge is 0.217 e. The molecule has 0 aromatic carbocycles. The molecule has 0 amide bonds. The third-order valence-corrected chi connectivity index (χ3v) is 2.50. The van der Waals surface area contributed by atoms with Gasteiger partial charge in [-0.05, 0) is 11.2 Å². The largest absolute Gasteiger partial charge is 0.388 e. The first kappa shape index (κ1) is 12.7. The van der Waals surface area contributed by atoms with E-state index in [1.165, 1.54) is 11.8 Å². The topological polar surface area (TPSA) is 37.3 Å². The van der Waals surface area contributed by atoms with Gasteiger partial charge in [0.2, 0.25) is 5.12 Å². The summed E-state index contributed by atoms with van der Waals surface area (Å²) < 4.78 is 0. The minimum atomic E-state index is -0.751. The second-order valence-corrected chi connectivity index (χ2v) is 5.25. The molecule has 76 valence electrons. The van der Waals surface area contributed by atoms with Gasteiger partial charge in [-0.1, -0.05) is 46.0 Å². The summed E-state index contributed by atoms with van der Waals surface area (Å²) in [6.07, 6.45) is -0.751. The molecule has 0 aliphatic carbocycles. The SMILES string of the molecule is C=C(C(=O)SCC)C(O)C(C)(C)C. The van der Waals surface area contributed by atoms with E-state index in [0.29, 0.717) is 11.3 Å². The second kappa shape index (κ2) is 4.82. The molecule has 3 heteroatoms. The fourth-order valence-electron chi connectivity index (χ4n) is 0.858. The van der Waals surface area contributed by atoms with E-state index in [2.05, 4.69) is 6.58 Å². The number of rotatable bonds is 3. The van der Waals surface area contributed by atoms with Crippen LogP contribution in [0.2, 0.25) is 0 Å². The van der Waals surface area contributed by atoms with Gasteiger partial charge in [0.1, 0.15) is 0 Å². The maximum absolute atomic E-state index is 11.3. The molecule has 0 saturated heterocycles. The van der Waals surface area contributed by atoms with Crippen LogP contribution >= 0.6 is 11.8 Å². The lowest BCUT2D eigenvalue weighted by Crippen LogP contribution is -2.30. The molecule has 0 aliphatic heterocycles. The van der Waals surface area contributed by atoms with Crippen molar-refractivity contribution in [3.8, 4) is 0 Å². The van der Waals surface area contributed by atoms with Crippen LogP contribution in [-0.4, -0.2) is 22.1 Å². The van der Waals surface area contributed by atoms with Gasteiger partial charge in [0, 0.05) is 5.57 Å². The summed E-state index contributed by atoms with van der Waals surface area (Å²) in [5, 5.41) is 9.61. The maximum Gasteiger partial charge on any atom is 0.217 e. The lowest BCUT2D eigenvalue weighted by molar-refractivity contribution is -0.109. The highest BCUT2D eigenvalue weighted by Gasteiger charge is 2.28. The number of thioether (sulfide) groups is 1. The molecule has 0 radical (unpaired) electrons. The van der Waals surface area contributed by atoms with Crippen LogP contribution in [0.5, 0.6) is 0 Å². The third-order valence-electron chi connectivity index (χ3n) is 1.69. The van der Waals surface area contributed by atoms with Crippen molar-refractivity contribution in [2.45, 2.75) is 33.8 Å². The third kappa shape index (κ3) is 3.96. The molecule has 0 heterocycles. The van der Waals surface area contributed by atoms with Crippen LogP contribution in [0.4, 0.5) is 0 Å². The van der Waals surface area contributed by atoms with Gasteiger partial charge in [-0.2, -0.15) is 0 Å². The van der Waals surface area contributed by atoms with Crippen molar-refractivity contribution in [1.82, 2.24) is 0 Å². The Balaban J connectivity index is 4.35. The first-order valence-electron chi connectivity index (χ1n) is 4.34. The average molecular weight is 202 g/mol. The number of carbonyl (C=O) groups is 1. The summed E-state index contributed by atoms with van der Waals surface area (Å²) in [5.41, 5.74) is -0.0135.